The number of aromatic nitrogens is 1. The van der Waals surface area contributed by atoms with Crippen LogP contribution < -0.4 is 21.5 Å². The minimum absolute atomic E-state index is 0.172. The molecule has 0 saturated heterocycles. The van der Waals surface area contributed by atoms with Crippen LogP contribution in [-0.2, 0) is 4.74 Å². The quantitative estimate of drug-likeness (QED) is 0.626. The fourth-order valence-electron chi connectivity index (χ4n) is 1.13. The molecule has 0 atom stereocenters. The van der Waals surface area contributed by atoms with Crippen molar-refractivity contribution >= 4 is 17.6 Å². The summed E-state index contributed by atoms with van der Waals surface area (Å²) in [5.41, 5.74) is 11.0. The maximum Gasteiger partial charge on any atom is 0.404 e. The Balaban J connectivity index is 2.48. The Morgan fingerprint density at radius 2 is 2.29 bits per heavy atom. The van der Waals surface area contributed by atoms with Crippen LogP contribution in [0.3, 0.4) is 0 Å². The number of rotatable bonds is 6. The number of nitrogens with two attached hydrogens (primary N) is 2. The Morgan fingerprint density at radius 1 is 1.53 bits per heavy atom. The van der Waals surface area contributed by atoms with Crippen molar-refractivity contribution in [2.24, 2.45) is 5.73 Å². The van der Waals surface area contributed by atoms with E-state index in [0.717, 1.165) is 0 Å². The molecule has 0 aliphatic carbocycles. The lowest BCUT2D eigenvalue weighted by Crippen LogP contribution is -2.18. The number of carbonyl (C=O) groups is 1. The Kier molecular flexibility index (Phi) is 4.86. The van der Waals surface area contributed by atoms with Crippen LogP contribution >= 0.6 is 0 Å². The van der Waals surface area contributed by atoms with Crippen molar-refractivity contribution in [2.75, 3.05) is 30.8 Å². The van der Waals surface area contributed by atoms with Crippen LogP contribution in [-0.4, -0.2) is 30.8 Å². The summed E-state index contributed by atoms with van der Waals surface area (Å²) >= 11 is 0. The third kappa shape index (κ3) is 4.45. The van der Waals surface area contributed by atoms with E-state index >= 15 is 0 Å². The minimum atomic E-state index is -0.799. The molecule has 0 spiro atoms. The molecule has 1 aromatic rings. The number of hydrogen-bond acceptors (Lipinski definition) is 6. The number of amides is 1. The predicted molar refractivity (Wildman–Crippen MR) is 63.8 cm³/mol. The molecule has 0 saturated carbocycles. The summed E-state index contributed by atoms with van der Waals surface area (Å²) in [6, 6.07) is 3.40. The van der Waals surface area contributed by atoms with Gasteiger partial charge in [0.2, 0.25) is 5.88 Å². The molecule has 0 aliphatic rings. The van der Waals surface area contributed by atoms with E-state index < -0.39 is 6.09 Å². The van der Waals surface area contributed by atoms with E-state index in [1.165, 1.54) is 0 Å². The second kappa shape index (κ2) is 6.41. The molecule has 0 bridgehead atoms. The SMILES string of the molecule is CCOc1nc(NCCOC(N)=O)ccc1N. The van der Waals surface area contributed by atoms with Crippen LogP contribution in [0.15, 0.2) is 12.1 Å². The van der Waals surface area contributed by atoms with Gasteiger partial charge in [0.05, 0.1) is 18.8 Å². The van der Waals surface area contributed by atoms with E-state index in [0.29, 0.717) is 30.5 Å². The van der Waals surface area contributed by atoms with Crippen LogP contribution in [0.2, 0.25) is 0 Å². The van der Waals surface area contributed by atoms with Gasteiger partial charge in [-0.3, -0.25) is 0 Å². The normalized spacial score (nSPS) is 9.71. The summed E-state index contributed by atoms with van der Waals surface area (Å²) in [4.78, 5) is 14.5. The predicted octanol–water partition coefficient (Wildman–Crippen LogP) is 0.570. The van der Waals surface area contributed by atoms with E-state index in [1.54, 1.807) is 12.1 Å². The summed E-state index contributed by atoms with van der Waals surface area (Å²) in [5, 5.41) is 2.95. The lowest BCUT2D eigenvalue weighted by atomic mass is 10.4. The highest BCUT2D eigenvalue weighted by atomic mass is 16.5. The lowest BCUT2D eigenvalue weighted by Gasteiger charge is -2.09. The second-order valence-electron chi connectivity index (χ2n) is 3.12. The first-order valence-corrected chi connectivity index (χ1v) is 5.19. The van der Waals surface area contributed by atoms with Crippen LogP contribution in [0, 0.1) is 0 Å². The highest BCUT2D eigenvalue weighted by Crippen LogP contribution is 2.20. The van der Waals surface area contributed by atoms with Crippen molar-refractivity contribution in [3.05, 3.63) is 12.1 Å². The van der Waals surface area contributed by atoms with Gasteiger partial charge in [0.1, 0.15) is 12.4 Å². The zero-order valence-electron chi connectivity index (χ0n) is 9.60. The number of nitrogens with zero attached hydrogens (tertiary/aromatic N) is 1. The van der Waals surface area contributed by atoms with Gasteiger partial charge in [0.15, 0.2) is 0 Å². The maximum absolute atomic E-state index is 10.3. The van der Waals surface area contributed by atoms with Gasteiger partial charge >= 0.3 is 6.09 Å². The van der Waals surface area contributed by atoms with Gasteiger partial charge in [-0.1, -0.05) is 0 Å². The molecular formula is C10H16N4O3. The van der Waals surface area contributed by atoms with Crippen LogP contribution in [0.25, 0.3) is 0 Å². The van der Waals surface area contributed by atoms with Crippen LogP contribution in [0.1, 0.15) is 6.92 Å². The molecule has 94 valence electrons. The summed E-state index contributed by atoms with van der Waals surface area (Å²) in [6.07, 6.45) is -0.799. The number of anilines is 2. The minimum Gasteiger partial charge on any atom is -0.476 e. The van der Waals surface area contributed by atoms with E-state index in [1.807, 2.05) is 6.92 Å². The largest absolute Gasteiger partial charge is 0.476 e. The van der Waals surface area contributed by atoms with Crippen molar-refractivity contribution in [1.29, 1.82) is 0 Å². The molecule has 1 aromatic heterocycles. The molecule has 0 radical (unpaired) electrons. The van der Waals surface area contributed by atoms with E-state index in [9.17, 15) is 4.79 Å². The molecule has 0 fully saturated rings. The van der Waals surface area contributed by atoms with Crippen LogP contribution in [0.4, 0.5) is 16.3 Å². The zero-order chi connectivity index (χ0) is 12.7. The lowest BCUT2D eigenvalue weighted by molar-refractivity contribution is 0.161. The fraction of sp³-hybridized carbons (Fsp3) is 0.400. The average Bonchev–Trinajstić information content (AvgIpc) is 2.28. The third-order valence-electron chi connectivity index (χ3n) is 1.82. The number of ether oxygens (including phenoxy) is 2. The van der Waals surface area contributed by atoms with Crippen molar-refractivity contribution in [2.45, 2.75) is 6.92 Å². The zero-order valence-corrected chi connectivity index (χ0v) is 9.60. The van der Waals surface area contributed by atoms with Gasteiger partial charge in [0.25, 0.3) is 0 Å². The first-order chi connectivity index (χ1) is 8.13. The molecule has 1 rings (SSSR count). The molecule has 1 heterocycles. The van der Waals surface area contributed by atoms with Gasteiger partial charge in [-0.25, -0.2) is 4.79 Å². The molecular weight excluding hydrogens is 224 g/mol. The molecule has 0 aromatic carbocycles. The van der Waals surface area contributed by atoms with E-state index in [4.69, 9.17) is 16.2 Å². The molecule has 1 amide bonds. The Hall–Kier alpha value is -2.18. The summed E-state index contributed by atoms with van der Waals surface area (Å²) in [5.74, 6) is 0.976. The van der Waals surface area contributed by atoms with Crippen molar-refractivity contribution in [3.63, 3.8) is 0 Å². The fourth-order valence-corrected chi connectivity index (χ4v) is 1.13. The van der Waals surface area contributed by atoms with Gasteiger partial charge in [0, 0.05) is 0 Å². The Morgan fingerprint density at radius 3 is 2.94 bits per heavy atom. The van der Waals surface area contributed by atoms with Crippen molar-refractivity contribution < 1.29 is 14.3 Å². The maximum atomic E-state index is 10.3. The average molecular weight is 240 g/mol. The number of carbonyl (C=O) groups excluding carboxylic acids is 1. The van der Waals surface area contributed by atoms with Gasteiger partial charge in [-0.15, -0.1) is 0 Å². The third-order valence-corrected chi connectivity index (χ3v) is 1.82. The van der Waals surface area contributed by atoms with E-state index in [-0.39, 0.29) is 6.61 Å². The number of hydrogen-bond donors (Lipinski definition) is 3. The van der Waals surface area contributed by atoms with Gasteiger partial charge < -0.3 is 26.3 Å². The smallest absolute Gasteiger partial charge is 0.404 e. The topological polar surface area (TPSA) is 112 Å². The Labute approximate surface area is 99.1 Å². The molecule has 0 aliphatic heterocycles. The highest BCUT2D eigenvalue weighted by molar-refractivity contribution is 5.64. The standard InChI is InChI=1S/C10H16N4O3/c1-2-16-9-7(11)3-4-8(14-9)13-5-6-17-10(12)15/h3-4H,2,5-6,11H2,1H3,(H2,12,15)(H,13,14). The van der Waals surface area contributed by atoms with Gasteiger partial charge in [-0.05, 0) is 19.1 Å². The molecule has 17 heavy (non-hydrogen) atoms. The molecule has 0 unspecified atom stereocenters. The van der Waals surface area contributed by atoms with Crippen molar-refractivity contribution in [3.8, 4) is 5.88 Å². The van der Waals surface area contributed by atoms with Gasteiger partial charge in [-0.2, -0.15) is 4.98 Å². The molecule has 7 nitrogen and oxygen atoms in total. The number of primary amides is 1. The molecule has 7 heteroatoms. The monoisotopic (exact) mass is 240 g/mol. The Bertz CT molecular complexity index is 384. The van der Waals surface area contributed by atoms with Crippen LogP contribution in [0.5, 0.6) is 5.88 Å². The number of nitrogen functional groups attached to an aromatic ring is 1. The first kappa shape index (κ1) is 12.9. The second-order valence-corrected chi connectivity index (χ2v) is 3.12. The summed E-state index contributed by atoms with van der Waals surface area (Å²) in [7, 11) is 0. The van der Waals surface area contributed by atoms with E-state index in [2.05, 4.69) is 15.0 Å². The highest BCUT2D eigenvalue weighted by Gasteiger charge is 2.03. The number of pyridine rings is 1. The first-order valence-electron chi connectivity index (χ1n) is 5.19. The molecule has 5 N–H and O–H groups in total. The number of nitrogens with one attached hydrogen (secondary N) is 1. The van der Waals surface area contributed by atoms with Crippen molar-refractivity contribution in [1.82, 2.24) is 4.98 Å². The summed E-state index contributed by atoms with van der Waals surface area (Å²) < 4.78 is 9.80. The summed E-state index contributed by atoms with van der Waals surface area (Å²) in [6.45, 7) is 2.92.